The fraction of sp³-hybridized carbons (Fsp3) is 0.300. The molecule has 0 fully saturated rings. The van der Waals surface area contributed by atoms with Crippen LogP contribution in [0.1, 0.15) is 23.1 Å². The van der Waals surface area contributed by atoms with Gasteiger partial charge in [0.15, 0.2) is 0 Å². The summed E-state index contributed by atoms with van der Waals surface area (Å²) in [5, 5.41) is 3.76. The number of amides is 1. The Bertz CT molecular complexity index is 742. The van der Waals surface area contributed by atoms with Gasteiger partial charge in [0, 0.05) is 6.42 Å². The number of hydrazone groups is 1. The van der Waals surface area contributed by atoms with Crippen LogP contribution < -0.4 is 14.9 Å². The maximum atomic E-state index is 10.9. The molecule has 2 rings (SSSR count). The lowest BCUT2D eigenvalue weighted by Crippen LogP contribution is -2.16. The molecule has 2 aromatic rings. The maximum absolute atomic E-state index is 10.9. The molecule has 0 saturated carbocycles. The van der Waals surface area contributed by atoms with E-state index in [1.807, 2.05) is 36.4 Å². The summed E-state index contributed by atoms with van der Waals surface area (Å²) in [6.45, 7) is 5.33. The lowest BCUT2D eigenvalue weighted by Gasteiger charge is -2.09. The average molecular weight is 356 g/mol. The highest BCUT2D eigenvalue weighted by Gasteiger charge is 1.99. The van der Waals surface area contributed by atoms with Gasteiger partial charge in [0.2, 0.25) is 0 Å². The van der Waals surface area contributed by atoms with E-state index in [0.717, 1.165) is 23.5 Å². The normalized spacial score (nSPS) is 10.6. The van der Waals surface area contributed by atoms with E-state index in [2.05, 4.69) is 35.2 Å². The van der Waals surface area contributed by atoms with Crippen molar-refractivity contribution in [3.8, 4) is 11.5 Å². The molecular formula is C20H24N2O4. The zero-order chi connectivity index (χ0) is 18.8. The number of rotatable bonds is 8. The molecule has 0 aliphatic carbocycles. The maximum Gasteiger partial charge on any atom is 0.427 e. The van der Waals surface area contributed by atoms with Gasteiger partial charge in [-0.25, -0.2) is 10.2 Å². The summed E-state index contributed by atoms with van der Waals surface area (Å²) in [6.07, 6.45) is 1.71. The van der Waals surface area contributed by atoms with E-state index in [9.17, 15) is 4.79 Å². The summed E-state index contributed by atoms with van der Waals surface area (Å²) in [6, 6.07) is 13.5. The molecule has 0 heterocycles. The first-order valence-electron chi connectivity index (χ1n) is 8.38. The predicted octanol–water partition coefficient (Wildman–Crippen LogP) is 3.84. The van der Waals surface area contributed by atoms with Crippen LogP contribution in [0.4, 0.5) is 4.79 Å². The van der Waals surface area contributed by atoms with Gasteiger partial charge < -0.3 is 14.2 Å². The summed E-state index contributed by atoms with van der Waals surface area (Å²) in [4.78, 5) is 10.9. The molecule has 0 spiro atoms. The summed E-state index contributed by atoms with van der Waals surface area (Å²) in [7, 11) is 1.28. The Balaban J connectivity index is 1.67. The third-order valence-corrected chi connectivity index (χ3v) is 3.74. The molecule has 1 amide bonds. The molecule has 0 unspecified atom stereocenters. The molecular weight excluding hydrogens is 332 g/mol. The van der Waals surface area contributed by atoms with Gasteiger partial charge in [-0.3, -0.25) is 0 Å². The summed E-state index contributed by atoms with van der Waals surface area (Å²) in [5.74, 6) is 1.66. The highest BCUT2D eigenvalue weighted by Crippen LogP contribution is 2.16. The fourth-order valence-electron chi connectivity index (χ4n) is 2.10. The first-order valence-corrected chi connectivity index (χ1v) is 8.38. The SMILES string of the molecule is COC(=O)NN=Cc1ccc(OCCCOc2ccc(C)c(C)c2)cc1. The van der Waals surface area contributed by atoms with Gasteiger partial charge in [-0.1, -0.05) is 6.07 Å². The van der Waals surface area contributed by atoms with Crippen molar-refractivity contribution >= 4 is 12.3 Å². The molecule has 1 N–H and O–H groups in total. The molecule has 0 atom stereocenters. The lowest BCUT2D eigenvalue weighted by molar-refractivity contribution is 0.171. The molecule has 6 heteroatoms. The van der Waals surface area contributed by atoms with Crippen molar-refractivity contribution in [1.82, 2.24) is 5.43 Å². The highest BCUT2D eigenvalue weighted by atomic mass is 16.5. The third-order valence-electron chi connectivity index (χ3n) is 3.74. The van der Waals surface area contributed by atoms with Gasteiger partial charge in [-0.15, -0.1) is 0 Å². The van der Waals surface area contributed by atoms with Crippen molar-refractivity contribution in [2.75, 3.05) is 20.3 Å². The van der Waals surface area contributed by atoms with E-state index < -0.39 is 6.09 Å². The van der Waals surface area contributed by atoms with E-state index in [1.165, 1.54) is 24.5 Å². The van der Waals surface area contributed by atoms with E-state index in [4.69, 9.17) is 9.47 Å². The molecule has 6 nitrogen and oxygen atoms in total. The number of methoxy groups -OCH3 is 1. The number of hydrogen-bond donors (Lipinski definition) is 1. The largest absolute Gasteiger partial charge is 0.493 e. The van der Waals surface area contributed by atoms with Crippen LogP contribution in [0.5, 0.6) is 11.5 Å². The number of hydrogen-bond acceptors (Lipinski definition) is 5. The molecule has 2 aromatic carbocycles. The van der Waals surface area contributed by atoms with Gasteiger partial charge in [-0.05, 0) is 66.9 Å². The van der Waals surface area contributed by atoms with Crippen LogP contribution in [0.3, 0.4) is 0 Å². The van der Waals surface area contributed by atoms with Crippen LogP contribution in [0.15, 0.2) is 47.6 Å². The van der Waals surface area contributed by atoms with Crippen molar-refractivity contribution in [2.45, 2.75) is 20.3 Å². The molecule has 0 aliphatic rings. The fourth-order valence-corrected chi connectivity index (χ4v) is 2.10. The van der Waals surface area contributed by atoms with Crippen molar-refractivity contribution in [3.63, 3.8) is 0 Å². The average Bonchev–Trinajstić information content (AvgIpc) is 2.65. The number of nitrogens with zero attached hydrogens (tertiary/aromatic N) is 1. The summed E-state index contributed by atoms with van der Waals surface area (Å²) >= 11 is 0. The Hall–Kier alpha value is -3.02. The molecule has 26 heavy (non-hydrogen) atoms. The van der Waals surface area contributed by atoms with Gasteiger partial charge >= 0.3 is 6.09 Å². The van der Waals surface area contributed by atoms with Crippen LogP contribution >= 0.6 is 0 Å². The first kappa shape index (κ1) is 19.3. The molecule has 0 bridgehead atoms. The zero-order valence-corrected chi connectivity index (χ0v) is 15.3. The minimum atomic E-state index is -0.607. The van der Waals surface area contributed by atoms with Crippen molar-refractivity contribution in [1.29, 1.82) is 0 Å². The second kappa shape index (κ2) is 10.1. The topological polar surface area (TPSA) is 69.2 Å². The Labute approximate surface area is 153 Å². The Kier molecular flexibility index (Phi) is 7.49. The van der Waals surface area contributed by atoms with E-state index in [-0.39, 0.29) is 0 Å². The van der Waals surface area contributed by atoms with Crippen LogP contribution in [-0.4, -0.2) is 32.6 Å². The highest BCUT2D eigenvalue weighted by molar-refractivity contribution is 5.80. The number of benzene rings is 2. The van der Waals surface area contributed by atoms with Crippen LogP contribution in [0.2, 0.25) is 0 Å². The second-order valence-corrected chi connectivity index (χ2v) is 5.73. The van der Waals surface area contributed by atoms with E-state index in [0.29, 0.717) is 13.2 Å². The van der Waals surface area contributed by atoms with E-state index >= 15 is 0 Å². The number of ether oxygens (including phenoxy) is 3. The molecule has 0 aliphatic heterocycles. The molecule has 0 aromatic heterocycles. The van der Waals surface area contributed by atoms with Crippen LogP contribution in [-0.2, 0) is 4.74 Å². The number of carbonyl (C=O) groups excluding carboxylic acids is 1. The van der Waals surface area contributed by atoms with Crippen LogP contribution in [0.25, 0.3) is 0 Å². The Morgan fingerprint density at radius 2 is 1.65 bits per heavy atom. The predicted molar refractivity (Wildman–Crippen MR) is 101 cm³/mol. The van der Waals surface area contributed by atoms with Crippen molar-refractivity contribution in [2.24, 2.45) is 5.10 Å². The summed E-state index contributed by atoms with van der Waals surface area (Å²) < 4.78 is 15.8. The zero-order valence-electron chi connectivity index (χ0n) is 15.3. The number of aryl methyl sites for hydroxylation is 2. The van der Waals surface area contributed by atoms with Crippen LogP contribution in [0, 0.1) is 13.8 Å². The third kappa shape index (κ3) is 6.47. The minimum Gasteiger partial charge on any atom is -0.493 e. The standard InChI is InChI=1S/C20H24N2O4/c1-15-5-8-19(13-16(15)2)26-12-4-11-25-18-9-6-17(7-10-18)14-21-22-20(23)24-3/h5-10,13-14H,4,11-12H2,1-3H3,(H,22,23). The number of carbonyl (C=O) groups is 1. The van der Waals surface area contributed by atoms with Crippen molar-refractivity contribution in [3.05, 3.63) is 59.2 Å². The quantitative estimate of drug-likeness (QED) is 0.443. The summed E-state index contributed by atoms with van der Waals surface area (Å²) in [5.41, 5.74) is 5.55. The lowest BCUT2D eigenvalue weighted by atomic mass is 10.1. The van der Waals surface area contributed by atoms with Gasteiger partial charge in [0.1, 0.15) is 11.5 Å². The Morgan fingerprint density at radius 3 is 2.31 bits per heavy atom. The minimum absolute atomic E-state index is 0.572. The molecule has 0 radical (unpaired) electrons. The van der Waals surface area contributed by atoms with Crippen molar-refractivity contribution < 1.29 is 19.0 Å². The number of nitrogens with one attached hydrogen (secondary N) is 1. The smallest absolute Gasteiger partial charge is 0.427 e. The van der Waals surface area contributed by atoms with Gasteiger partial charge in [-0.2, -0.15) is 5.10 Å². The molecule has 0 saturated heterocycles. The van der Waals surface area contributed by atoms with Gasteiger partial charge in [0.25, 0.3) is 0 Å². The second-order valence-electron chi connectivity index (χ2n) is 5.73. The first-order chi connectivity index (χ1) is 12.6. The molecule has 138 valence electrons. The van der Waals surface area contributed by atoms with E-state index in [1.54, 1.807) is 0 Å². The Morgan fingerprint density at radius 1 is 1.00 bits per heavy atom. The van der Waals surface area contributed by atoms with Gasteiger partial charge in [0.05, 0.1) is 26.5 Å². The monoisotopic (exact) mass is 356 g/mol.